The summed E-state index contributed by atoms with van der Waals surface area (Å²) in [5.41, 5.74) is 12.1. The molecule has 0 aliphatic carbocycles. The van der Waals surface area contributed by atoms with Gasteiger partial charge in [0.05, 0.1) is 5.56 Å². The third kappa shape index (κ3) is 3.51. The van der Waals surface area contributed by atoms with Crippen molar-refractivity contribution >= 4 is 41.4 Å². The zero-order valence-corrected chi connectivity index (χ0v) is 11.4. The van der Waals surface area contributed by atoms with Crippen molar-refractivity contribution in [3.63, 3.8) is 0 Å². The van der Waals surface area contributed by atoms with Crippen LogP contribution in [0.15, 0.2) is 30.5 Å². The largest absolute Gasteiger partial charge is 0.383 e. The minimum absolute atomic E-state index is 0. The Morgan fingerprint density at radius 2 is 1.78 bits per heavy atom. The van der Waals surface area contributed by atoms with Crippen molar-refractivity contribution in [2.24, 2.45) is 5.73 Å². The van der Waals surface area contributed by atoms with Crippen molar-refractivity contribution in [2.75, 3.05) is 12.3 Å². The van der Waals surface area contributed by atoms with Crippen LogP contribution in [0, 0.1) is 11.8 Å². The Hall–Kier alpha value is -1.47. The van der Waals surface area contributed by atoms with Crippen LogP contribution < -0.4 is 11.5 Å². The second-order valence-electron chi connectivity index (χ2n) is 3.44. The molecule has 2 rings (SSSR count). The lowest BCUT2D eigenvalue weighted by Crippen LogP contribution is -1.96. The molecule has 0 atom stereocenters. The number of halogens is 2. The molecule has 1 heterocycles. The summed E-state index contributed by atoms with van der Waals surface area (Å²) in [6, 6.07) is 7.86. The van der Waals surface area contributed by atoms with Crippen LogP contribution in [0.25, 0.3) is 10.8 Å². The number of benzene rings is 1. The van der Waals surface area contributed by atoms with Gasteiger partial charge in [-0.3, -0.25) is 0 Å². The molecule has 3 nitrogen and oxygen atoms in total. The van der Waals surface area contributed by atoms with Crippen molar-refractivity contribution in [3.05, 3.63) is 36.0 Å². The molecule has 1 aromatic heterocycles. The van der Waals surface area contributed by atoms with Crippen molar-refractivity contribution < 1.29 is 0 Å². The van der Waals surface area contributed by atoms with E-state index in [1.54, 1.807) is 6.20 Å². The third-order valence-corrected chi connectivity index (χ3v) is 2.32. The second-order valence-corrected chi connectivity index (χ2v) is 3.44. The van der Waals surface area contributed by atoms with Gasteiger partial charge in [0.2, 0.25) is 0 Å². The molecule has 5 heteroatoms. The van der Waals surface area contributed by atoms with Crippen LogP contribution in [0.5, 0.6) is 0 Å². The number of nitrogens with two attached hydrogens (primary N) is 2. The standard InChI is InChI=1S/C13H13N3.2ClH/c14-8-4-3-5-10-9-16-13(15)12-7-2-1-6-11(10)12;;/h1-2,6-7,9H,4,8,14H2,(H2,15,16);2*1H. The Balaban J connectivity index is 0.00000144. The number of nitrogen functional groups attached to an aromatic ring is 1. The van der Waals surface area contributed by atoms with Gasteiger partial charge in [-0.15, -0.1) is 24.8 Å². The number of fused-ring (bicyclic) bond motifs is 1. The number of nitrogens with zero attached hydrogens (tertiary/aromatic N) is 1. The Morgan fingerprint density at radius 1 is 1.11 bits per heavy atom. The van der Waals surface area contributed by atoms with E-state index in [1.165, 1.54) is 0 Å². The minimum atomic E-state index is 0. The Kier molecular flexibility index (Phi) is 7.14. The number of hydrogen-bond donors (Lipinski definition) is 2. The van der Waals surface area contributed by atoms with Crippen molar-refractivity contribution in [3.8, 4) is 11.8 Å². The quantitative estimate of drug-likeness (QED) is 0.790. The van der Waals surface area contributed by atoms with Crippen LogP contribution in [0.3, 0.4) is 0 Å². The average Bonchev–Trinajstić information content (AvgIpc) is 2.33. The van der Waals surface area contributed by atoms with Gasteiger partial charge in [-0.2, -0.15) is 0 Å². The highest BCUT2D eigenvalue weighted by Crippen LogP contribution is 2.21. The third-order valence-electron chi connectivity index (χ3n) is 2.32. The molecule has 0 aliphatic rings. The second kappa shape index (κ2) is 7.78. The summed E-state index contributed by atoms with van der Waals surface area (Å²) in [5.74, 6) is 6.62. The highest BCUT2D eigenvalue weighted by atomic mass is 35.5. The molecule has 0 saturated heterocycles. The van der Waals surface area contributed by atoms with E-state index in [2.05, 4.69) is 16.8 Å². The SMILES string of the molecule is Cl.Cl.NCCC#Cc1cnc(N)c2ccccc12. The maximum atomic E-state index is 5.80. The molecule has 96 valence electrons. The molecule has 0 saturated carbocycles. The molecule has 0 unspecified atom stereocenters. The first-order valence-corrected chi connectivity index (χ1v) is 5.15. The van der Waals surface area contributed by atoms with Gasteiger partial charge in [-0.1, -0.05) is 36.1 Å². The molecule has 0 aliphatic heterocycles. The molecule has 0 radical (unpaired) electrons. The maximum Gasteiger partial charge on any atom is 0.131 e. The van der Waals surface area contributed by atoms with E-state index in [9.17, 15) is 0 Å². The molecule has 18 heavy (non-hydrogen) atoms. The Labute approximate surface area is 119 Å². The lowest BCUT2D eigenvalue weighted by molar-refractivity contribution is 1.03. The highest BCUT2D eigenvalue weighted by Gasteiger charge is 2.01. The van der Waals surface area contributed by atoms with E-state index >= 15 is 0 Å². The van der Waals surface area contributed by atoms with Gasteiger partial charge >= 0.3 is 0 Å². The van der Waals surface area contributed by atoms with Crippen LogP contribution in [-0.4, -0.2) is 11.5 Å². The van der Waals surface area contributed by atoms with Gasteiger partial charge in [0.15, 0.2) is 0 Å². The van der Waals surface area contributed by atoms with Gasteiger partial charge in [-0.25, -0.2) is 4.98 Å². The first-order valence-electron chi connectivity index (χ1n) is 5.15. The molecule has 2 aromatic rings. The monoisotopic (exact) mass is 283 g/mol. The fourth-order valence-corrected chi connectivity index (χ4v) is 1.54. The summed E-state index contributed by atoms with van der Waals surface area (Å²) < 4.78 is 0. The summed E-state index contributed by atoms with van der Waals surface area (Å²) >= 11 is 0. The van der Waals surface area contributed by atoms with Crippen LogP contribution >= 0.6 is 24.8 Å². The van der Waals surface area contributed by atoms with Crippen LogP contribution in [0.1, 0.15) is 12.0 Å². The van der Waals surface area contributed by atoms with Crippen LogP contribution in [0.4, 0.5) is 5.82 Å². The normalized spacial score (nSPS) is 8.72. The molecule has 0 fully saturated rings. The molecule has 0 spiro atoms. The smallest absolute Gasteiger partial charge is 0.131 e. The van der Waals surface area contributed by atoms with Gasteiger partial charge < -0.3 is 11.5 Å². The lowest BCUT2D eigenvalue weighted by Gasteiger charge is -2.02. The van der Waals surface area contributed by atoms with E-state index in [0.717, 1.165) is 16.3 Å². The molecule has 0 bridgehead atoms. The lowest BCUT2D eigenvalue weighted by atomic mass is 10.1. The number of hydrogen-bond acceptors (Lipinski definition) is 3. The molecule has 1 aromatic carbocycles. The van der Waals surface area contributed by atoms with Crippen LogP contribution in [-0.2, 0) is 0 Å². The summed E-state index contributed by atoms with van der Waals surface area (Å²) in [4.78, 5) is 4.13. The Morgan fingerprint density at radius 3 is 2.44 bits per heavy atom. The van der Waals surface area contributed by atoms with Crippen LogP contribution in [0.2, 0.25) is 0 Å². The van der Waals surface area contributed by atoms with Crippen molar-refractivity contribution in [1.82, 2.24) is 4.98 Å². The minimum Gasteiger partial charge on any atom is -0.383 e. The van der Waals surface area contributed by atoms with Crippen molar-refractivity contribution in [2.45, 2.75) is 6.42 Å². The maximum absolute atomic E-state index is 5.80. The molecule has 4 N–H and O–H groups in total. The van der Waals surface area contributed by atoms with Crippen molar-refractivity contribution in [1.29, 1.82) is 0 Å². The predicted molar refractivity (Wildman–Crippen MR) is 81.2 cm³/mol. The van der Waals surface area contributed by atoms with E-state index in [1.807, 2.05) is 24.3 Å². The summed E-state index contributed by atoms with van der Waals surface area (Å²) in [6.07, 6.45) is 2.40. The fraction of sp³-hybridized carbons (Fsp3) is 0.154. The van der Waals surface area contributed by atoms with E-state index in [-0.39, 0.29) is 24.8 Å². The van der Waals surface area contributed by atoms with Gasteiger partial charge in [-0.05, 0) is 0 Å². The number of anilines is 1. The first kappa shape index (κ1) is 16.5. The van der Waals surface area contributed by atoms with Gasteiger partial charge in [0.1, 0.15) is 5.82 Å². The number of aromatic nitrogens is 1. The molecule has 0 amide bonds. The molecular formula is C13H15Cl2N3. The van der Waals surface area contributed by atoms with E-state index in [4.69, 9.17) is 11.5 Å². The number of pyridine rings is 1. The van der Waals surface area contributed by atoms with E-state index < -0.39 is 0 Å². The van der Waals surface area contributed by atoms with Gasteiger partial charge in [0.25, 0.3) is 0 Å². The van der Waals surface area contributed by atoms with E-state index in [0.29, 0.717) is 18.8 Å². The highest BCUT2D eigenvalue weighted by molar-refractivity contribution is 5.94. The topological polar surface area (TPSA) is 64.9 Å². The average molecular weight is 284 g/mol. The zero-order valence-electron chi connectivity index (χ0n) is 9.72. The summed E-state index contributed by atoms with van der Waals surface area (Å²) in [7, 11) is 0. The van der Waals surface area contributed by atoms with Gasteiger partial charge in [0, 0.05) is 29.9 Å². The zero-order chi connectivity index (χ0) is 11.4. The summed E-state index contributed by atoms with van der Waals surface area (Å²) in [6.45, 7) is 0.577. The summed E-state index contributed by atoms with van der Waals surface area (Å²) in [5, 5.41) is 1.99. The predicted octanol–water partition coefficient (Wildman–Crippen LogP) is 2.36. The number of rotatable bonds is 1. The fourth-order valence-electron chi connectivity index (χ4n) is 1.54. The molecular weight excluding hydrogens is 269 g/mol. The Bertz CT molecular complexity index is 573. The first-order chi connectivity index (χ1) is 7.83.